The Morgan fingerprint density at radius 1 is 1.19 bits per heavy atom. The van der Waals surface area contributed by atoms with Gasteiger partial charge < -0.3 is 15.4 Å². The lowest BCUT2D eigenvalue weighted by Crippen LogP contribution is -2.28. The van der Waals surface area contributed by atoms with Gasteiger partial charge in [-0.25, -0.2) is 14.2 Å². The summed E-state index contributed by atoms with van der Waals surface area (Å²) in [5.41, 5.74) is 1.90. The van der Waals surface area contributed by atoms with Crippen molar-refractivity contribution in [2.24, 2.45) is 0 Å². The molecule has 0 saturated carbocycles. The molecule has 6 heteroatoms. The summed E-state index contributed by atoms with van der Waals surface area (Å²) in [7, 11) is 0. The maximum absolute atomic E-state index is 13.3. The van der Waals surface area contributed by atoms with Crippen LogP contribution in [0.25, 0.3) is 10.8 Å². The highest BCUT2D eigenvalue weighted by atomic mass is 19.1. The minimum absolute atomic E-state index is 0.303. The van der Waals surface area contributed by atoms with Gasteiger partial charge >= 0.3 is 6.03 Å². The van der Waals surface area contributed by atoms with Gasteiger partial charge in [0.15, 0.2) is 0 Å². The number of fused-ring (bicyclic) bond motifs is 1. The van der Waals surface area contributed by atoms with Gasteiger partial charge in [0.1, 0.15) is 5.82 Å². The standard InChI is InChI=1S/C20H20FN3O2/c1-3-26-19-17-7-5-4-6-16(17)14(11-22-19)12-23-20(25)24-15-8-9-18(21)13(2)10-15/h4-11H,3,12H2,1-2H3,(H2,23,24,25). The van der Waals surface area contributed by atoms with Crippen LogP contribution >= 0.6 is 0 Å². The summed E-state index contributed by atoms with van der Waals surface area (Å²) in [6.45, 7) is 4.41. The molecule has 3 aromatic rings. The maximum atomic E-state index is 13.3. The molecule has 0 spiro atoms. The van der Waals surface area contributed by atoms with E-state index in [4.69, 9.17) is 4.74 Å². The Morgan fingerprint density at radius 2 is 1.96 bits per heavy atom. The Hall–Kier alpha value is -3.15. The zero-order valence-electron chi connectivity index (χ0n) is 14.7. The number of pyridine rings is 1. The lowest BCUT2D eigenvalue weighted by atomic mass is 10.1. The van der Waals surface area contributed by atoms with Gasteiger partial charge in [0.05, 0.1) is 6.61 Å². The van der Waals surface area contributed by atoms with E-state index >= 15 is 0 Å². The second-order valence-corrected chi connectivity index (χ2v) is 5.84. The molecule has 3 rings (SSSR count). The smallest absolute Gasteiger partial charge is 0.319 e. The highest BCUT2D eigenvalue weighted by Gasteiger charge is 2.09. The van der Waals surface area contributed by atoms with Crippen molar-refractivity contribution in [2.45, 2.75) is 20.4 Å². The topological polar surface area (TPSA) is 63.2 Å². The zero-order valence-corrected chi connectivity index (χ0v) is 14.7. The molecular formula is C20H20FN3O2. The lowest BCUT2D eigenvalue weighted by Gasteiger charge is -2.12. The second-order valence-electron chi connectivity index (χ2n) is 5.84. The Balaban J connectivity index is 1.72. The molecule has 1 aromatic heterocycles. The summed E-state index contributed by atoms with van der Waals surface area (Å²) < 4.78 is 18.9. The molecule has 0 unspecified atom stereocenters. The number of aromatic nitrogens is 1. The second kappa shape index (κ2) is 7.82. The Bertz CT molecular complexity index is 943. The van der Waals surface area contributed by atoms with E-state index in [1.165, 1.54) is 12.1 Å². The third-order valence-corrected chi connectivity index (χ3v) is 3.98. The Labute approximate surface area is 151 Å². The van der Waals surface area contributed by atoms with Crippen molar-refractivity contribution in [3.05, 3.63) is 65.6 Å². The van der Waals surface area contributed by atoms with Gasteiger partial charge in [-0.3, -0.25) is 0 Å². The zero-order chi connectivity index (χ0) is 18.5. The molecule has 134 valence electrons. The summed E-state index contributed by atoms with van der Waals surface area (Å²) in [5.74, 6) is 0.279. The molecule has 1 heterocycles. The average Bonchev–Trinajstić information content (AvgIpc) is 2.64. The van der Waals surface area contributed by atoms with Gasteiger partial charge in [0, 0.05) is 23.8 Å². The summed E-state index contributed by atoms with van der Waals surface area (Å²) >= 11 is 0. The largest absolute Gasteiger partial charge is 0.478 e. The molecule has 0 atom stereocenters. The number of urea groups is 1. The molecule has 0 aliphatic rings. The molecule has 0 aliphatic heterocycles. The van der Waals surface area contributed by atoms with Gasteiger partial charge in [-0.2, -0.15) is 0 Å². The summed E-state index contributed by atoms with van der Waals surface area (Å²) in [5, 5.41) is 7.38. The lowest BCUT2D eigenvalue weighted by molar-refractivity contribution is 0.252. The fourth-order valence-corrected chi connectivity index (χ4v) is 2.69. The first-order chi connectivity index (χ1) is 12.6. The van der Waals surface area contributed by atoms with E-state index in [2.05, 4.69) is 15.6 Å². The van der Waals surface area contributed by atoms with Crippen LogP contribution in [0.5, 0.6) is 5.88 Å². The molecule has 0 bridgehead atoms. The van der Waals surface area contributed by atoms with Crippen LogP contribution in [0, 0.1) is 12.7 Å². The normalized spacial score (nSPS) is 10.6. The van der Waals surface area contributed by atoms with Gasteiger partial charge in [0.2, 0.25) is 5.88 Å². The van der Waals surface area contributed by atoms with Crippen molar-refractivity contribution in [3.63, 3.8) is 0 Å². The van der Waals surface area contributed by atoms with Crippen molar-refractivity contribution in [2.75, 3.05) is 11.9 Å². The quantitative estimate of drug-likeness (QED) is 0.714. The number of nitrogens with zero attached hydrogens (tertiary/aromatic N) is 1. The van der Waals surface area contributed by atoms with Crippen LogP contribution in [0.3, 0.4) is 0 Å². The minimum Gasteiger partial charge on any atom is -0.478 e. The van der Waals surface area contributed by atoms with E-state index in [1.807, 2.05) is 31.2 Å². The summed E-state index contributed by atoms with van der Waals surface area (Å²) in [6.07, 6.45) is 1.70. The van der Waals surface area contributed by atoms with Crippen molar-refractivity contribution in [1.29, 1.82) is 0 Å². The van der Waals surface area contributed by atoms with E-state index < -0.39 is 0 Å². The molecule has 5 nitrogen and oxygen atoms in total. The van der Waals surface area contributed by atoms with Crippen molar-refractivity contribution in [1.82, 2.24) is 10.3 Å². The number of aryl methyl sites for hydroxylation is 1. The number of halogens is 1. The average molecular weight is 353 g/mol. The molecule has 2 N–H and O–H groups in total. The van der Waals surface area contributed by atoms with Crippen LogP contribution in [0.1, 0.15) is 18.1 Å². The van der Waals surface area contributed by atoms with Crippen LogP contribution < -0.4 is 15.4 Å². The SMILES string of the molecule is CCOc1ncc(CNC(=O)Nc2ccc(F)c(C)c2)c2ccccc12. The van der Waals surface area contributed by atoms with Gasteiger partial charge in [-0.1, -0.05) is 18.2 Å². The molecule has 0 fully saturated rings. The van der Waals surface area contributed by atoms with Crippen molar-refractivity contribution >= 4 is 22.5 Å². The third-order valence-electron chi connectivity index (χ3n) is 3.98. The highest BCUT2D eigenvalue weighted by molar-refractivity contribution is 5.91. The predicted octanol–water partition coefficient (Wildman–Crippen LogP) is 4.40. The summed E-state index contributed by atoms with van der Waals surface area (Å²) in [6, 6.07) is 11.8. The number of benzene rings is 2. The van der Waals surface area contributed by atoms with E-state index in [9.17, 15) is 9.18 Å². The number of amides is 2. The number of carbonyl (C=O) groups is 1. The van der Waals surface area contributed by atoms with E-state index in [0.29, 0.717) is 30.3 Å². The summed E-state index contributed by atoms with van der Waals surface area (Å²) in [4.78, 5) is 16.5. The molecule has 0 aliphatic carbocycles. The minimum atomic E-state index is -0.367. The van der Waals surface area contributed by atoms with Crippen LogP contribution in [0.15, 0.2) is 48.7 Å². The number of nitrogens with one attached hydrogen (secondary N) is 2. The van der Waals surface area contributed by atoms with E-state index in [-0.39, 0.29) is 11.8 Å². The van der Waals surface area contributed by atoms with Crippen LogP contribution in [-0.4, -0.2) is 17.6 Å². The number of rotatable bonds is 5. The first-order valence-corrected chi connectivity index (χ1v) is 8.39. The number of ether oxygens (including phenoxy) is 1. The molecule has 2 aromatic carbocycles. The Kier molecular flexibility index (Phi) is 5.31. The van der Waals surface area contributed by atoms with Gasteiger partial charge in [-0.15, -0.1) is 0 Å². The highest BCUT2D eigenvalue weighted by Crippen LogP contribution is 2.26. The fraction of sp³-hybridized carbons (Fsp3) is 0.200. The monoisotopic (exact) mass is 353 g/mol. The first kappa shape index (κ1) is 17.7. The first-order valence-electron chi connectivity index (χ1n) is 8.39. The number of hydrogen-bond acceptors (Lipinski definition) is 3. The van der Waals surface area contributed by atoms with Gasteiger partial charge in [0.25, 0.3) is 0 Å². The van der Waals surface area contributed by atoms with Crippen molar-refractivity contribution < 1.29 is 13.9 Å². The van der Waals surface area contributed by atoms with E-state index in [1.54, 1.807) is 19.2 Å². The molecule has 0 saturated heterocycles. The Morgan fingerprint density at radius 3 is 2.69 bits per heavy atom. The maximum Gasteiger partial charge on any atom is 0.319 e. The molecular weight excluding hydrogens is 333 g/mol. The molecule has 0 radical (unpaired) electrons. The predicted molar refractivity (Wildman–Crippen MR) is 99.9 cm³/mol. The van der Waals surface area contributed by atoms with E-state index in [0.717, 1.165) is 16.3 Å². The number of anilines is 1. The molecule has 2 amide bonds. The van der Waals surface area contributed by atoms with Gasteiger partial charge in [-0.05, 0) is 54.6 Å². The number of hydrogen-bond donors (Lipinski definition) is 2. The third kappa shape index (κ3) is 3.91. The van der Waals surface area contributed by atoms with Crippen molar-refractivity contribution in [3.8, 4) is 5.88 Å². The van der Waals surface area contributed by atoms with Crippen LogP contribution in [-0.2, 0) is 6.54 Å². The van der Waals surface area contributed by atoms with Crippen LogP contribution in [0.4, 0.5) is 14.9 Å². The number of carbonyl (C=O) groups excluding carboxylic acids is 1. The fourth-order valence-electron chi connectivity index (χ4n) is 2.69. The molecule has 26 heavy (non-hydrogen) atoms. The van der Waals surface area contributed by atoms with Crippen LogP contribution in [0.2, 0.25) is 0 Å².